The second kappa shape index (κ2) is 10.8. The normalized spacial score (nSPS) is 20.1. The predicted molar refractivity (Wildman–Crippen MR) is 143 cm³/mol. The Morgan fingerprint density at radius 1 is 1.05 bits per heavy atom. The Morgan fingerprint density at radius 3 is 2.54 bits per heavy atom. The predicted octanol–water partition coefficient (Wildman–Crippen LogP) is 4.16. The van der Waals surface area contributed by atoms with Crippen LogP contribution in [0.5, 0.6) is 0 Å². The number of alkyl halides is 2. The van der Waals surface area contributed by atoms with E-state index in [1.54, 1.807) is 13.8 Å². The second-order valence-corrected chi connectivity index (χ2v) is 10.5. The van der Waals surface area contributed by atoms with Crippen molar-refractivity contribution in [3.05, 3.63) is 52.5 Å². The number of piperidine rings is 1. The van der Waals surface area contributed by atoms with Gasteiger partial charge in [-0.05, 0) is 32.8 Å². The molecule has 5 heterocycles. The summed E-state index contributed by atoms with van der Waals surface area (Å²) in [6.45, 7) is 10.5. The number of anilines is 2. The Labute approximate surface area is 225 Å². The van der Waals surface area contributed by atoms with Crippen LogP contribution in [0.4, 0.5) is 24.7 Å². The topological polar surface area (TPSA) is 70.8 Å². The molecular weight excluding hydrogens is 507 g/mol. The van der Waals surface area contributed by atoms with Crippen LogP contribution >= 0.6 is 0 Å². The molecule has 2 fully saturated rings. The van der Waals surface area contributed by atoms with E-state index in [4.69, 9.17) is 14.7 Å². The third-order valence-electron chi connectivity index (χ3n) is 8.12. The first kappa shape index (κ1) is 26.1. The molecule has 0 bridgehead atoms. The molecule has 208 valence electrons. The van der Waals surface area contributed by atoms with Crippen molar-refractivity contribution in [2.75, 3.05) is 56.2 Å². The maximum absolute atomic E-state index is 14.9. The van der Waals surface area contributed by atoms with Crippen LogP contribution in [0, 0.1) is 12.7 Å². The smallest absolute Gasteiger partial charge is 0.266 e. The summed E-state index contributed by atoms with van der Waals surface area (Å²) in [7, 11) is 0. The van der Waals surface area contributed by atoms with Crippen LogP contribution < -0.4 is 15.7 Å². The fourth-order valence-corrected chi connectivity index (χ4v) is 6.09. The summed E-state index contributed by atoms with van der Waals surface area (Å²) < 4.78 is 49.3. The molecule has 5 aliphatic rings. The number of pyridine rings is 1. The minimum absolute atomic E-state index is 0.123. The molecule has 0 radical (unpaired) electrons. The van der Waals surface area contributed by atoms with Gasteiger partial charge in [0.1, 0.15) is 23.3 Å². The number of morpholine rings is 1. The van der Waals surface area contributed by atoms with E-state index >= 15 is 0 Å². The number of aryl methyl sites for hydroxylation is 1. The summed E-state index contributed by atoms with van der Waals surface area (Å²) in [5.41, 5.74) is 1.82. The number of hydrogen-bond donors (Lipinski definition) is 1. The van der Waals surface area contributed by atoms with Gasteiger partial charge >= 0.3 is 0 Å². The summed E-state index contributed by atoms with van der Waals surface area (Å²) in [5.74, 6) is 1.44. The Bertz CT molecular complexity index is 1380. The number of hydrogen-bond acceptors (Lipinski definition) is 7. The van der Waals surface area contributed by atoms with E-state index in [2.05, 4.69) is 30.7 Å². The molecule has 11 heteroatoms. The van der Waals surface area contributed by atoms with Gasteiger partial charge in [-0.25, -0.2) is 23.1 Å². The maximum Gasteiger partial charge on any atom is 0.266 e. The van der Waals surface area contributed by atoms with Gasteiger partial charge in [0.25, 0.3) is 6.43 Å². The number of fused-ring (bicyclic) bond motifs is 3. The summed E-state index contributed by atoms with van der Waals surface area (Å²) >= 11 is 0. The molecule has 0 amide bonds. The fraction of sp³-hybridized carbons (Fsp3) is 0.536. The number of benzene rings is 1. The molecule has 6 rings (SSSR count). The van der Waals surface area contributed by atoms with E-state index in [1.165, 1.54) is 12.1 Å². The van der Waals surface area contributed by atoms with E-state index in [0.717, 1.165) is 94.3 Å². The van der Waals surface area contributed by atoms with Crippen LogP contribution in [0.15, 0.2) is 29.3 Å². The van der Waals surface area contributed by atoms with E-state index in [1.807, 2.05) is 0 Å². The van der Waals surface area contributed by atoms with E-state index in [0.29, 0.717) is 17.4 Å². The Kier molecular flexibility index (Phi) is 7.20. The average Bonchev–Trinajstić information content (AvgIpc) is 3.44. The molecule has 0 saturated carbocycles. The standard InChI is InChI=1S/C28H34F3N7O/c1-17(20-4-3-5-21(24(20)29)25(30)31)33-26-22-16-23(28-32-8-11-38(28)27(22)35-18(2)34-26)37-9-6-19(7-10-37)36-12-14-39-15-13-36/h3-5,16-17,19,25,32H,6-15H2,1-2H3/t17-/m1/s1. The van der Waals surface area contributed by atoms with E-state index in [9.17, 15) is 13.2 Å². The van der Waals surface area contributed by atoms with Crippen molar-refractivity contribution in [1.82, 2.24) is 19.4 Å². The van der Waals surface area contributed by atoms with Crippen molar-refractivity contribution in [1.29, 1.82) is 0 Å². The summed E-state index contributed by atoms with van der Waals surface area (Å²) in [5, 5.41) is 3.55. The number of halogens is 3. The zero-order chi connectivity index (χ0) is 27.1. The monoisotopic (exact) mass is 541 g/mol. The van der Waals surface area contributed by atoms with Crippen LogP contribution in [0.3, 0.4) is 0 Å². The van der Waals surface area contributed by atoms with Gasteiger partial charge in [-0.15, -0.1) is 0 Å². The van der Waals surface area contributed by atoms with Gasteiger partial charge in [0, 0.05) is 50.9 Å². The first-order valence-corrected chi connectivity index (χ1v) is 13.7. The lowest BCUT2D eigenvalue weighted by atomic mass is 10.0. The molecule has 1 aromatic carbocycles. The molecule has 0 aliphatic carbocycles. The van der Waals surface area contributed by atoms with Crippen molar-refractivity contribution in [3.63, 3.8) is 0 Å². The number of ether oxygens (including phenoxy) is 1. The Balaban J connectivity index is 1.37. The van der Waals surface area contributed by atoms with Gasteiger partial charge in [0.2, 0.25) is 0 Å². The molecule has 1 aromatic rings. The molecule has 8 nitrogen and oxygen atoms in total. The van der Waals surface area contributed by atoms with Gasteiger partial charge < -0.3 is 19.5 Å². The maximum atomic E-state index is 14.9. The highest BCUT2D eigenvalue weighted by Gasteiger charge is 2.30. The summed E-state index contributed by atoms with van der Waals surface area (Å²) in [6.07, 6.45) is -0.730. The van der Waals surface area contributed by atoms with Crippen LogP contribution in [0.1, 0.15) is 49.2 Å². The highest BCUT2D eigenvalue weighted by atomic mass is 19.3. The van der Waals surface area contributed by atoms with Crippen molar-refractivity contribution in [2.45, 2.75) is 51.7 Å². The lowest BCUT2D eigenvalue weighted by Gasteiger charge is -2.41. The van der Waals surface area contributed by atoms with Crippen molar-refractivity contribution >= 4 is 11.5 Å². The number of nitrogens with one attached hydrogen (secondary N) is 1. The minimum Gasteiger partial charge on any atom is -0.379 e. The lowest BCUT2D eigenvalue weighted by Crippen LogP contribution is -2.49. The quantitative estimate of drug-likeness (QED) is 0.523. The Hall–Kier alpha value is -3.18. The molecule has 2 saturated heterocycles. The van der Waals surface area contributed by atoms with Gasteiger partial charge in [-0.1, -0.05) is 18.2 Å². The largest absolute Gasteiger partial charge is 0.379 e. The lowest BCUT2D eigenvalue weighted by molar-refractivity contribution is 0.0115. The van der Waals surface area contributed by atoms with Crippen LogP contribution in [-0.2, 0) is 11.3 Å². The van der Waals surface area contributed by atoms with Gasteiger partial charge in [-0.2, -0.15) is 0 Å². The third-order valence-corrected chi connectivity index (χ3v) is 8.12. The van der Waals surface area contributed by atoms with Crippen molar-refractivity contribution in [3.8, 4) is 11.4 Å². The van der Waals surface area contributed by atoms with E-state index in [-0.39, 0.29) is 5.56 Å². The highest BCUT2D eigenvalue weighted by Crippen LogP contribution is 2.37. The molecule has 0 spiro atoms. The third kappa shape index (κ3) is 4.98. The minimum atomic E-state index is -2.89. The number of nitrogens with zero attached hydrogens (tertiary/aromatic N) is 6. The molecule has 1 N–H and O–H groups in total. The zero-order valence-electron chi connectivity index (χ0n) is 22.3. The summed E-state index contributed by atoms with van der Waals surface area (Å²) in [6, 6.07) is 6.02. The van der Waals surface area contributed by atoms with Crippen LogP contribution in [0.2, 0.25) is 0 Å². The highest BCUT2D eigenvalue weighted by molar-refractivity contribution is 5.77. The van der Waals surface area contributed by atoms with Gasteiger partial charge in [0.05, 0.1) is 36.1 Å². The van der Waals surface area contributed by atoms with Crippen LogP contribution in [0.25, 0.3) is 11.4 Å². The molecule has 0 unspecified atom stereocenters. The number of aromatic nitrogens is 3. The first-order valence-electron chi connectivity index (χ1n) is 13.7. The SMILES string of the molecule is Cc1nc2n3c(c(N4CCC(N5CCOCC5)CC4)cc-2c(=N[C@H](C)c2cccc(C(F)F)c2F)n1)NCC3. The average molecular weight is 542 g/mol. The molecule has 5 aliphatic heterocycles. The van der Waals surface area contributed by atoms with Crippen molar-refractivity contribution < 1.29 is 17.9 Å². The van der Waals surface area contributed by atoms with Gasteiger partial charge in [0.15, 0.2) is 5.49 Å². The second-order valence-electron chi connectivity index (χ2n) is 10.5. The molecular formula is C28H34F3N7O. The molecule has 0 aromatic heterocycles. The zero-order valence-corrected chi connectivity index (χ0v) is 22.3. The first-order chi connectivity index (χ1) is 18.9. The molecule has 39 heavy (non-hydrogen) atoms. The van der Waals surface area contributed by atoms with Crippen molar-refractivity contribution in [2.24, 2.45) is 4.99 Å². The number of rotatable bonds is 5. The summed E-state index contributed by atoms with van der Waals surface area (Å²) in [4.78, 5) is 19.1. The van der Waals surface area contributed by atoms with E-state index < -0.39 is 23.8 Å². The van der Waals surface area contributed by atoms with Crippen LogP contribution in [-0.4, -0.2) is 71.4 Å². The Morgan fingerprint density at radius 2 is 1.79 bits per heavy atom. The molecule has 1 atom stereocenters. The van der Waals surface area contributed by atoms with Gasteiger partial charge in [-0.3, -0.25) is 9.89 Å². The fourth-order valence-electron chi connectivity index (χ4n) is 6.09.